The zero-order chi connectivity index (χ0) is 23.7. The summed E-state index contributed by atoms with van der Waals surface area (Å²) in [4.78, 5) is 50.3. The molecule has 0 radical (unpaired) electrons. The van der Waals surface area contributed by atoms with Crippen molar-refractivity contribution >= 4 is 35.5 Å². The van der Waals surface area contributed by atoms with Crippen molar-refractivity contribution in [1.82, 2.24) is 15.5 Å². The van der Waals surface area contributed by atoms with Gasteiger partial charge in [-0.15, -0.1) is 0 Å². The van der Waals surface area contributed by atoms with Crippen LogP contribution in [0.4, 0.5) is 0 Å². The zero-order valence-electron chi connectivity index (χ0n) is 18.0. The van der Waals surface area contributed by atoms with Crippen molar-refractivity contribution in [3.05, 3.63) is 29.8 Å². The van der Waals surface area contributed by atoms with Crippen molar-refractivity contribution in [1.29, 1.82) is 0 Å². The topological polar surface area (TPSA) is 162 Å². The van der Waals surface area contributed by atoms with Gasteiger partial charge in [-0.05, 0) is 49.0 Å². The van der Waals surface area contributed by atoms with E-state index in [1.165, 1.54) is 17.0 Å². The van der Waals surface area contributed by atoms with Gasteiger partial charge in [0.05, 0.1) is 12.6 Å². The fraction of sp³-hybridized carbons (Fsp3) is 0.524. The molecule has 0 aliphatic carbocycles. The van der Waals surface area contributed by atoms with Gasteiger partial charge in [0.15, 0.2) is 0 Å². The lowest BCUT2D eigenvalue weighted by atomic mass is 10.1. The highest BCUT2D eigenvalue weighted by atomic mass is 32.2. The molecule has 10 nitrogen and oxygen atoms in total. The molecule has 2 rings (SSSR count). The van der Waals surface area contributed by atoms with Crippen molar-refractivity contribution < 1.29 is 29.4 Å². The molecule has 11 heteroatoms. The first-order valence-corrected chi connectivity index (χ1v) is 11.7. The number of likely N-dealkylation sites (tertiary alicyclic amines) is 1. The molecule has 1 fully saturated rings. The van der Waals surface area contributed by atoms with Crippen LogP contribution in [0.2, 0.25) is 0 Å². The molecule has 0 saturated carbocycles. The predicted octanol–water partition coefficient (Wildman–Crippen LogP) is -0.308. The summed E-state index contributed by atoms with van der Waals surface area (Å²) in [5, 5.41) is 23.6. The Kier molecular flexibility index (Phi) is 9.79. The second-order valence-corrected chi connectivity index (χ2v) is 8.61. The van der Waals surface area contributed by atoms with E-state index < -0.39 is 42.5 Å². The lowest BCUT2D eigenvalue weighted by Crippen LogP contribution is -2.53. The monoisotopic (exact) mass is 466 g/mol. The Balaban J connectivity index is 1.87. The average Bonchev–Trinajstić information content (AvgIpc) is 3.26. The number of nitrogens with zero attached hydrogens (tertiary/aromatic N) is 1. The van der Waals surface area contributed by atoms with E-state index in [0.29, 0.717) is 31.4 Å². The van der Waals surface area contributed by atoms with Crippen LogP contribution in [0.15, 0.2) is 24.3 Å². The number of carbonyl (C=O) groups is 4. The molecule has 1 aromatic rings. The molecular weight excluding hydrogens is 436 g/mol. The van der Waals surface area contributed by atoms with E-state index in [1.807, 2.05) is 6.26 Å². The van der Waals surface area contributed by atoms with Gasteiger partial charge in [0.1, 0.15) is 17.8 Å². The van der Waals surface area contributed by atoms with E-state index in [0.717, 1.165) is 5.75 Å². The fourth-order valence-corrected chi connectivity index (χ4v) is 3.97. The standard InChI is InChI=1S/C21H30N4O6S/c1-32-10-8-15(22)20(29)25-9-2-3-17(25)19(28)23-12-18(27)24-16(21(30)31)11-13-4-6-14(26)7-5-13/h4-7,15-17,26H,2-3,8-12,22H2,1H3,(H,23,28)(H,24,27)(H,30,31). The molecule has 32 heavy (non-hydrogen) atoms. The molecule has 1 aliphatic rings. The van der Waals surface area contributed by atoms with Crippen molar-refractivity contribution in [2.75, 3.05) is 25.1 Å². The maximum Gasteiger partial charge on any atom is 0.326 e. The number of rotatable bonds is 11. The third-order valence-electron chi connectivity index (χ3n) is 5.22. The summed E-state index contributed by atoms with van der Waals surface area (Å²) >= 11 is 1.59. The molecule has 6 N–H and O–H groups in total. The number of carboxylic acid groups (broad SMARTS) is 1. The summed E-state index contributed by atoms with van der Waals surface area (Å²) in [6, 6.07) is 3.43. The largest absolute Gasteiger partial charge is 0.508 e. The summed E-state index contributed by atoms with van der Waals surface area (Å²) in [7, 11) is 0. The van der Waals surface area contributed by atoms with E-state index >= 15 is 0 Å². The minimum atomic E-state index is -1.22. The minimum Gasteiger partial charge on any atom is -0.508 e. The van der Waals surface area contributed by atoms with Gasteiger partial charge in [-0.3, -0.25) is 14.4 Å². The van der Waals surface area contributed by atoms with Crippen LogP contribution in [-0.2, 0) is 25.6 Å². The normalized spacial score (nSPS) is 17.4. The maximum absolute atomic E-state index is 12.6. The van der Waals surface area contributed by atoms with Crippen LogP contribution in [0.25, 0.3) is 0 Å². The number of nitrogens with two attached hydrogens (primary N) is 1. The third kappa shape index (κ3) is 7.41. The van der Waals surface area contributed by atoms with Crippen LogP contribution >= 0.6 is 11.8 Å². The first-order chi connectivity index (χ1) is 15.2. The summed E-state index contributed by atoms with van der Waals surface area (Å²) < 4.78 is 0. The van der Waals surface area contributed by atoms with E-state index in [2.05, 4.69) is 10.6 Å². The highest BCUT2D eigenvalue weighted by Crippen LogP contribution is 2.19. The van der Waals surface area contributed by atoms with Crippen molar-refractivity contribution in [2.24, 2.45) is 5.73 Å². The summed E-state index contributed by atoms with van der Waals surface area (Å²) in [6.07, 6.45) is 3.61. The van der Waals surface area contributed by atoms with Crippen LogP contribution in [0.5, 0.6) is 5.75 Å². The number of aromatic hydroxyl groups is 1. The third-order valence-corrected chi connectivity index (χ3v) is 5.87. The SMILES string of the molecule is CSCCC(N)C(=O)N1CCCC1C(=O)NCC(=O)NC(Cc1ccc(O)cc1)C(=O)O. The molecule has 3 atom stereocenters. The molecule has 176 valence electrons. The number of amides is 3. The smallest absolute Gasteiger partial charge is 0.326 e. The van der Waals surface area contributed by atoms with Gasteiger partial charge in [-0.1, -0.05) is 12.1 Å². The predicted molar refractivity (Wildman–Crippen MR) is 120 cm³/mol. The molecule has 0 aromatic heterocycles. The second-order valence-electron chi connectivity index (χ2n) is 7.62. The Morgan fingerprint density at radius 2 is 1.94 bits per heavy atom. The average molecular weight is 467 g/mol. The second kappa shape index (κ2) is 12.3. The lowest BCUT2D eigenvalue weighted by molar-refractivity contribution is -0.142. The van der Waals surface area contributed by atoms with E-state index in [1.54, 1.807) is 23.9 Å². The molecule has 1 aromatic carbocycles. The van der Waals surface area contributed by atoms with Gasteiger partial charge in [0.2, 0.25) is 17.7 Å². The summed E-state index contributed by atoms with van der Waals surface area (Å²) in [5.74, 6) is -1.82. The van der Waals surface area contributed by atoms with Gasteiger partial charge in [-0.25, -0.2) is 4.79 Å². The highest BCUT2D eigenvalue weighted by molar-refractivity contribution is 7.98. The molecule has 1 heterocycles. The van der Waals surface area contributed by atoms with E-state index in [-0.39, 0.29) is 18.1 Å². The Labute approximate surface area is 190 Å². The van der Waals surface area contributed by atoms with Gasteiger partial charge in [0.25, 0.3) is 0 Å². The van der Waals surface area contributed by atoms with Crippen LogP contribution in [0.3, 0.4) is 0 Å². The number of carbonyl (C=O) groups excluding carboxylic acids is 3. The number of phenols is 1. The number of thioether (sulfide) groups is 1. The molecule has 1 aliphatic heterocycles. The van der Waals surface area contributed by atoms with Crippen molar-refractivity contribution in [3.63, 3.8) is 0 Å². The Morgan fingerprint density at radius 1 is 1.25 bits per heavy atom. The van der Waals surface area contributed by atoms with Crippen LogP contribution in [-0.4, -0.2) is 82.0 Å². The Morgan fingerprint density at radius 3 is 2.56 bits per heavy atom. The molecule has 3 unspecified atom stereocenters. The first kappa shape index (κ1) is 25.5. The van der Waals surface area contributed by atoms with Crippen LogP contribution in [0, 0.1) is 0 Å². The maximum atomic E-state index is 12.6. The quantitative estimate of drug-likeness (QED) is 0.297. The van der Waals surface area contributed by atoms with Gasteiger partial charge < -0.3 is 31.5 Å². The number of benzene rings is 1. The van der Waals surface area contributed by atoms with Gasteiger partial charge >= 0.3 is 5.97 Å². The van der Waals surface area contributed by atoms with Gasteiger partial charge in [-0.2, -0.15) is 11.8 Å². The number of aliphatic carboxylic acids is 1. The Hall–Kier alpha value is -2.79. The molecule has 0 bridgehead atoms. The number of nitrogens with one attached hydrogen (secondary N) is 2. The van der Waals surface area contributed by atoms with Crippen molar-refractivity contribution in [3.8, 4) is 5.75 Å². The lowest BCUT2D eigenvalue weighted by Gasteiger charge is -2.26. The zero-order valence-corrected chi connectivity index (χ0v) is 18.8. The summed E-state index contributed by atoms with van der Waals surface area (Å²) in [6.45, 7) is 0.0268. The molecule has 3 amide bonds. The number of carboxylic acids is 1. The summed E-state index contributed by atoms with van der Waals surface area (Å²) in [5.41, 5.74) is 6.58. The minimum absolute atomic E-state index is 0.0220. The van der Waals surface area contributed by atoms with Crippen molar-refractivity contribution in [2.45, 2.75) is 43.8 Å². The van der Waals surface area contributed by atoms with Gasteiger partial charge in [0, 0.05) is 13.0 Å². The number of phenolic OH excluding ortho intramolecular Hbond substituents is 1. The number of hydrogen-bond donors (Lipinski definition) is 5. The number of hydrogen-bond acceptors (Lipinski definition) is 7. The van der Waals surface area contributed by atoms with E-state index in [4.69, 9.17) is 5.73 Å². The first-order valence-electron chi connectivity index (χ1n) is 10.4. The highest BCUT2D eigenvalue weighted by Gasteiger charge is 2.36. The molecule has 0 spiro atoms. The molecule has 1 saturated heterocycles. The molecular formula is C21H30N4O6S. The van der Waals surface area contributed by atoms with Crippen LogP contribution < -0.4 is 16.4 Å². The van der Waals surface area contributed by atoms with Crippen LogP contribution in [0.1, 0.15) is 24.8 Å². The van der Waals surface area contributed by atoms with E-state index in [9.17, 15) is 29.4 Å². The Bertz CT molecular complexity index is 819. The fourth-order valence-electron chi connectivity index (χ4n) is 3.48.